The lowest BCUT2D eigenvalue weighted by molar-refractivity contribution is 0.0981. The van der Waals surface area contributed by atoms with Crippen molar-refractivity contribution in [2.24, 2.45) is 0 Å². The number of nitrogens with zero attached hydrogens (tertiary/aromatic N) is 4. The summed E-state index contributed by atoms with van der Waals surface area (Å²) in [5.41, 5.74) is 2.74. The van der Waals surface area contributed by atoms with Gasteiger partial charge in [0.25, 0.3) is 0 Å². The normalized spacial score (nSPS) is 19.6. The number of aromatic amines is 1. The summed E-state index contributed by atoms with van der Waals surface area (Å²) in [7, 11) is -0.465. The Morgan fingerprint density at radius 3 is 3.03 bits per heavy atom. The minimum Gasteiger partial charge on any atom is -0.446 e. The van der Waals surface area contributed by atoms with Gasteiger partial charge in [-0.15, -0.1) is 10.7 Å². The second-order valence-corrected chi connectivity index (χ2v) is 9.76. The van der Waals surface area contributed by atoms with E-state index in [9.17, 15) is 4.79 Å². The van der Waals surface area contributed by atoms with Crippen molar-refractivity contribution < 1.29 is 9.53 Å². The highest BCUT2D eigenvalue weighted by Crippen LogP contribution is 2.36. The van der Waals surface area contributed by atoms with Crippen molar-refractivity contribution in [2.45, 2.75) is 56.9 Å². The molecule has 0 saturated heterocycles. The van der Waals surface area contributed by atoms with E-state index >= 15 is 0 Å². The van der Waals surface area contributed by atoms with E-state index in [-0.39, 0.29) is 24.2 Å². The number of H-pyrrole nitrogens is 1. The van der Waals surface area contributed by atoms with E-state index in [2.05, 4.69) is 30.9 Å². The Balaban J connectivity index is 1.41. The second kappa shape index (κ2) is 9.04. The highest BCUT2D eigenvalue weighted by Gasteiger charge is 2.30. The van der Waals surface area contributed by atoms with Crippen LogP contribution in [0.2, 0.25) is 0 Å². The van der Waals surface area contributed by atoms with Crippen LogP contribution in [0, 0.1) is 4.78 Å². The molecule has 4 rings (SSSR count). The molecule has 0 aromatic carbocycles. The number of ether oxygens (including phenoxy) is 1. The average Bonchev–Trinajstić information content (AvgIpc) is 3.40. The van der Waals surface area contributed by atoms with Gasteiger partial charge in [-0.2, -0.15) is 10.2 Å². The third kappa shape index (κ3) is 5.22. The molecule has 0 radical (unpaired) electrons. The predicted octanol–water partition coefficient (Wildman–Crippen LogP) is 3.48. The molecule has 0 bridgehead atoms. The number of rotatable bonds is 7. The van der Waals surface area contributed by atoms with E-state index in [4.69, 9.17) is 9.52 Å². The van der Waals surface area contributed by atoms with Gasteiger partial charge in [0.2, 0.25) is 0 Å². The summed E-state index contributed by atoms with van der Waals surface area (Å²) < 4.78 is 15.1. The molecule has 1 aliphatic rings. The van der Waals surface area contributed by atoms with Crippen LogP contribution in [0.15, 0.2) is 24.5 Å². The number of carbonyl (C=O) groups excluding carboxylic acids is 1. The monoisotopic (exact) mass is 444 g/mol. The second-order valence-electron chi connectivity index (χ2n) is 8.19. The number of anilines is 2. The van der Waals surface area contributed by atoms with E-state index in [1.165, 1.54) is 0 Å². The van der Waals surface area contributed by atoms with Crippen molar-refractivity contribution >= 4 is 33.9 Å². The first kappa shape index (κ1) is 21.3. The van der Waals surface area contributed by atoms with Gasteiger partial charge in [0.15, 0.2) is 11.6 Å². The summed E-state index contributed by atoms with van der Waals surface area (Å²) in [6, 6.07) is 4.01. The SMILES string of the molecule is CC(C)NC(=O)O[C@@H]1CC[C@H](c2cc(Nc3nccn4nc(CS(C)=N)cc34)n[nH]2)C1. The standard InChI is InChI=1S/C20H28N8O2S/c1-12(2)23-20(29)30-15-5-4-13(8-15)16-10-18(26-25-16)24-19-17-9-14(11-31(3)21)27-28(17)7-6-22-19/h6-7,9-10,12-13,15,21H,4-5,8,11H2,1-3H3,(H,23,29)(H2,22,24,25,26)/t13-,15+,31?/m0/s1. The van der Waals surface area contributed by atoms with Gasteiger partial charge in [-0.25, -0.2) is 14.3 Å². The quantitative estimate of drug-likeness (QED) is 0.441. The maximum Gasteiger partial charge on any atom is 0.407 e. The van der Waals surface area contributed by atoms with Gasteiger partial charge < -0.3 is 15.4 Å². The Labute approximate surface area is 183 Å². The molecule has 1 saturated carbocycles. The topological polar surface area (TPSA) is 133 Å². The molecule has 3 aromatic heterocycles. The molecule has 3 aromatic rings. The van der Waals surface area contributed by atoms with Gasteiger partial charge in [0, 0.05) is 41.9 Å². The van der Waals surface area contributed by atoms with Gasteiger partial charge in [-0.1, -0.05) is 0 Å². The number of carbonyl (C=O) groups is 1. The van der Waals surface area contributed by atoms with Crippen LogP contribution in [-0.4, -0.2) is 49.3 Å². The zero-order valence-corrected chi connectivity index (χ0v) is 18.7. The third-order valence-corrected chi connectivity index (χ3v) is 5.88. The lowest BCUT2D eigenvalue weighted by Gasteiger charge is -2.14. The van der Waals surface area contributed by atoms with E-state index in [1.54, 1.807) is 16.9 Å². The molecule has 1 aliphatic carbocycles. The maximum absolute atomic E-state index is 11.8. The van der Waals surface area contributed by atoms with Crippen molar-refractivity contribution in [1.82, 2.24) is 30.1 Å². The van der Waals surface area contributed by atoms with Crippen molar-refractivity contribution in [3.63, 3.8) is 0 Å². The molecule has 1 fully saturated rings. The van der Waals surface area contributed by atoms with Gasteiger partial charge in [-0.05, 0) is 45.4 Å². The highest BCUT2D eigenvalue weighted by atomic mass is 32.2. The van der Waals surface area contributed by atoms with Crippen LogP contribution in [0.4, 0.5) is 16.4 Å². The fraction of sp³-hybridized carbons (Fsp3) is 0.500. The molecule has 0 aliphatic heterocycles. The Kier molecular flexibility index (Phi) is 6.21. The molecule has 166 valence electrons. The number of fused-ring (bicyclic) bond motifs is 1. The predicted molar refractivity (Wildman–Crippen MR) is 120 cm³/mol. The minimum atomic E-state index is -0.465. The smallest absolute Gasteiger partial charge is 0.407 e. The lowest BCUT2D eigenvalue weighted by atomic mass is 10.0. The fourth-order valence-electron chi connectivity index (χ4n) is 3.84. The van der Waals surface area contributed by atoms with Gasteiger partial charge >= 0.3 is 6.09 Å². The first-order valence-electron chi connectivity index (χ1n) is 10.3. The van der Waals surface area contributed by atoms with E-state index in [0.717, 1.165) is 36.2 Å². The molecule has 31 heavy (non-hydrogen) atoms. The zero-order valence-electron chi connectivity index (χ0n) is 17.9. The largest absolute Gasteiger partial charge is 0.446 e. The van der Waals surface area contributed by atoms with Gasteiger partial charge in [-0.3, -0.25) is 9.88 Å². The van der Waals surface area contributed by atoms with Crippen LogP contribution < -0.4 is 10.6 Å². The van der Waals surface area contributed by atoms with Crippen molar-refractivity contribution in [1.29, 1.82) is 4.78 Å². The summed E-state index contributed by atoms with van der Waals surface area (Å²) >= 11 is 0. The fourth-order valence-corrected chi connectivity index (χ4v) is 4.43. The summed E-state index contributed by atoms with van der Waals surface area (Å²) in [5, 5.41) is 18.1. The summed E-state index contributed by atoms with van der Waals surface area (Å²) in [6.45, 7) is 3.82. The average molecular weight is 445 g/mol. The molecule has 10 nitrogen and oxygen atoms in total. The zero-order chi connectivity index (χ0) is 22.0. The third-order valence-electron chi connectivity index (χ3n) is 5.15. The molecule has 3 atom stereocenters. The van der Waals surface area contributed by atoms with Crippen LogP contribution >= 0.6 is 0 Å². The first-order chi connectivity index (χ1) is 14.9. The van der Waals surface area contributed by atoms with Crippen LogP contribution in [0.25, 0.3) is 5.52 Å². The van der Waals surface area contributed by atoms with Crippen molar-refractivity contribution in [3.05, 3.63) is 35.9 Å². The first-order valence-corrected chi connectivity index (χ1v) is 12.1. The van der Waals surface area contributed by atoms with Crippen molar-refractivity contribution in [3.8, 4) is 0 Å². The van der Waals surface area contributed by atoms with E-state index in [1.807, 2.05) is 32.2 Å². The van der Waals surface area contributed by atoms with Gasteiger partial charge in [0.1, 0.15) is 11.6 Å². The Hall–Kier alpha value is -2.95. The number of amides is 1. The van der Waals surface area contributed by atoms with Crippen LogP contribution in [0.1, 0.15) is 50.4 Å². The number of alkyl carbamates (subject to hydrolysis) is 1. The molecular formula is C20H28N8O2S. The molecule has 1 unspecified atom stereocenters. The Morgan fingerprint density at radius 2 is 2.26 bits per heavy atom. The number of hydrogen-bond donors (Lipinski definition) is 4. The Morgan fingerprint density at radius 1 is 1.42 bits per heavy atom. The summed E-state index contributed by atoms with van der Waals surface area (Å²) in [4.78, 5) is 16.3. The molecule has 0 spiro atoms. The summed E-state index contributed by atoms with van der Waals surface area (Å²) in [5.74, 6) is 2.23. The minimum absolute atomic E-state index is 0.0617. The van der Waals surface area contributed by atoms with Crippen LogP contribution in [0.5, 0.6) is 0 Å². The number of nitrogens with one attached hydrogen (secondary N) is 4. The highest BCUT2D eigenvalue weighted by molar-refractivity contribution is 7.84. The maximum atomic E-state index is 11.8. The van der Waals surface area contributed by atoms with Crippen LogP contribution in [0.3, 0.4) is 0 Å². The summed E-state index contributed by atoms with van der Waals surface area (Å²) in [6.07, 6.45) is 7.48. The molecule has 4 N–H and O–H groups in total. The Bertz CT molecular complexity index is 1090. The number of hydrogen-bond acceptors (Lipinski definition) is 7. The lowest BCUT2D eigenvalue weighted by Crippen LogP contribution is -2.33. The molecule has 11 heteroatoms. The molecule has 1 amide bonds. The molecular weight excluding hydrogens is 416 g/mol. The van der Waals surface area contributed by atoms with E-state index < -0.39 is 10.7 Å². The van der Waals surface area contributed by atoms with E-state index in [0.29, 0.717) is 17.4 Å². The number of aromatic nitrogens is 5. The van der Waals surface area contributed by atoms with Crippen molar-refractivity contribution in [2.75, 3.05) is 11.6 Å². The van der Waals surface area contributed by atoms with Gasteiger partial charge in [0.05, 0.1) is 5.69 Å². The van der Waals surface area contributed by atoms with Crippen LogP contribution in [-0.2, 0) is 21.2 Å². The molecule has 3 heterocycles.